The molecule has 0 aromatic heterocycles. The number of hydrogen-bond donors (Lipinski definition) is 1. The van der Waals surface area contributed by atoms with Crippen LogP contribution < -0.4 is 5.32 Å². The molecule has 1 N–H and O–H groups in total. The first kappa shape index (κ1) is 19.6. The highest BCUT2D eigenvalue weighted by molar-refractivity contribution is 5.71. The molecule has 154 valence electrons. The van der Waals surface area contributed by atoms with Crippen molar-refractivity contribution in [2.45, 2.75) is 38.0 Å². The molecule has 4 aromatic rings. The third kappa shape index (κ3) is 4.72. The minimum atomic E-state index is 0.766. The summed E-state index contributed by atoms with van der Waals surface area (Å²) in [7, 11) is 0. The van der Waals surface area contributed by atoms with Crippen molar-refractivity contribution in [3.63, 3.8) is 0 Å². The van der Waals surface area contributed by atoms with Crippen LogP contribution in [0.15, 0.2) is 103 Å². The van der Waals surface area contributed by atoms with Gasteiger partial charge in [-0.25, -0.2) is 0 Å². The van der Waals surface area contributed by atoms with Gasteiger partial charge in [0, 0.05) is 11.4 Å². The van der Waals surface area contributed by atoms with E-state index in [-0.39, 0.29) is 0 Å². The van der Waals surface area contributed by atoms with Gasteiger partial charge in [-0.05, 0) is 70.8 Å². The number of benzene rings is 4. The Kier molecular flexibility index (Phi) is 5.84. The molecule has 0 unspecified atom stereocenters. The quantitative estimate of drug-likeness (QED) is 0.351. The summed E-state index contributed by atoms with van der Waals surface area (Å²) in [5.41, 5.74) is 8.75. The summed E-state index contributed by atoms with van der Waals surface area (Å²) in [5.74, 6) is 0.766. The lowest BCUT2D eigenvalue weighted by Gasteiger charge is -2.22. The fraction of sp³-hybridized carbons (Fsp3) is 0.200. The Morgan fingerprint density at radius 3 is 1.42 bits per heavy atom. The first-order chi connectivity index (χ1) is 15.3. The summed E-state index contributed by atoms with van der Waals surface area (Å²) in [5, 5.41) is 3.51. The van der Waals surface area contributed by atoms with Gasteiger partial charge in [0.1, 0.15) is 0 Å². The average Bonchev–Trinajstić information content (AvgIpc) is 2.86. The molecule has 1 aliphatic carbocycles. The summed E-state index contributed by atoms with van der Waals surface area (Å²) in [6.45, 7) is 0. The highest BCUT2D eigenvalue weighted by Crippen LogP contribution is 2.34. The molecule has 0 atom stereocenters. The Bertz CT molecular complexity index is 1090. The van der Waals surface area contributed by atoms with Gasteiger partial charge in [0.15, 0.2) is 0 Å². The largest absolute Gasteiger partial charge is 0.356 e. The van der Waals surface area contributed by atoms with Gasteiger partial charge in [0.05, 0.1) is 0 Å². The van der Waals surface area contributed by atoms with Crippen LogP contribution in [0.5, 0.6) is 0 Å². The second kappa shape index (κ2) is 9.22. The van der Waals surface area contributed by atoms with Crippen molar-refractivity contribution in [1.82, 2.24) is 0 Å². The van der Waals surface area contributed by atoms with Crippen molar-refractivity contribution in [2.24, 2.45) is 0 Å². The molecule has 5 rings (SSSR count). The minimum absolute atomic E-state index is 0.766. The monoisotopic (exact) mass is 403 g/mol. The zero-order chi connectivity index (χ0) is 20.9. The summed E-state index contributed by atoms with van der Waals surface area (Å²) in [4.78, 5) is 0. The Morgan fingerprint density at radius 1 is 0.452 bits per heavy atom. The molecule has 0 saturated heterocycles. The second-order valence-electron chi connectivity index (χ2n) is 8.60. The van der Waals surface area contributed by atoms with Crippen molar-refractivity contribution in [1.29, 1.82) is 0 Å². The van der Waals surface area contributed by atoms with Gasteiger partial charge < -0.3 is 5.32 Å². The number of nitrogens with one attached hydrogen (secondary N) is 1. The van der Waals surface area contributed by atoms with Crippen molar-refractivity contribution in [3.8, 4) is 22.3 Å². The summed E-state index contributed by atoms with van der Waals surface area (Å²) < 4.78 is 0. The van der Waals surface area contributed by atoms with Crippen molar-refractivity contribution < 1.29 is 0 Å². The molecule has 0 bridgehead atoms. The fourth-order valence-corrected chi connectivity index (χ4v) is 4.67. The Morgan fingerprint density at radius 2 is 0.903 bits per heavy atom. The van der Waals surface area contributed by atoms with E-state index in [1.54, 1.807) is 0 Å². The smallest absolute Gasteiger partial charge is 0.0384 e. The predicted molar refractivity (Wildman–Crippen MR) is 133 cm³/mol. The van der Waals surface area contributed by atoms with Crippen molar-refractivity contribution in [3.05, 3.63) is 109 Å². The maximum Gasteiger partial charge on any atom is 0.0384 e. The lowest BCUT2D eigenvalue weighted by molar-refractivity contribution is 0.443. The SMILES string of the molecule is c1ccc(-c2ccc(Nc3ccc(-c4ccc(C5CCCCC5)cc4)cc3)cc2)cc1. The van der Waals surface area contributed by atoms with Crippen LogP contribution in [0, 0.1) is 0 Å². The number of anilines is 2. The second-order valence-corrected chi connectivity index (χ2v) is 8.60. The lowest BCUT2D eigenvalue weighted by atomic mass is 9.84. The normalized spacial score (nSPS) is 14.3. The van der Waals surface area contributed by atoms with E-state index in [0.717, 1.165) is 17.3 Å². The molecule has 0 amide bonds. The van der Waals surface area contributed by atoms with E-state index in [0.29, 0.717) is 0 Å². The molecular formula is C30H29N. The summed E-state index contributed by atoms with van der Waals surface area (Å²) in [6.07, 6.45) is 6.88. The average molecular weight is 404 g/mol. The fourth-order valence-electron chi connectivity index (χ4n) is 4.67. The van der Waals surface area contributed by atoms with Crippen LogP contribution in [-0.4, -0.2) is 0 Å². The molecule has 1 saturated carbocycles. The van der Waals surface area contributed by atoms with E-state index < -0.39 is 0 Å². The standard InChI is InChI=1S/C30H29N/c1-3-7-23(8-4-1)25-11-13-26(14-12-25)28-17-21-30(22-18-28)31-29-19-15-27(16-20-29)24-9-5-2-6-10-24/h2,5-6,9-23,31H,1,3-4,7-8H2. The van der Waals surface area contributed by atoms with E-state index in [1.807, 2.05) is 6.07 Å². The molecule has 4 aromatic carbocycles. The summed E-state index contributed by atoms with van der Waals surface area (Å²) in [6, 6.07) is 37.1. The maximum atomic E-state index is 3.51. The Labute approximate surface area is 185 Å². The van der Waals surface area contributed by atoms with Gasteiger partial charge in [-0.15, -0.1) is 0 Å². The molecule has 0 spiro atoms. The van der Waals surface area contributed by atoms with E-state index in [4.69, 9.17) is 0 Å². The van der Waals surface area contributed by atoms with Crippen LogP contribution in [0.1, 0.15) is 43.6 Å². The van der Waals surface area contributed by atoms with Gasteiger partial charge in [-0.1, -0.05) is 98.1 Å². The predicted octanol–water partition coefficient (Wildman–Crippen LogP) is 8.81. The van der Waals surface area contributed by atoms with Crippen LogP contribution in [-0.2, 0) is 0 Å². The highest BCUT2D eigenvalue weighted by atomic mass is 14.9. The van der Waals surface area contributed by atoms with Gasteiger partial charge in [0.2, 0.25) is 0 Å². The molecule has 1 heteroatoms. The third-order valence-corrected chi connectivity index (χ3v) is 6.49. The molecule has 0 aliphatic heterocycles. The zero-order valence-electron chi connectivity index (χ0n) is 17.9. The molecule has 31 heavy (non-hydrogen) atoms. The summed E-state index contributed by atoms with van der Waals surface area (Å²) >= 11 is 0. The molecule has 1 nitrogen and oxygen atoms in total. The number of hydrogen-bond acceptors (Lipinski definition) is 1. The Balaban J connectivity index is 1.25. The molecule has 0 radical (unpaired) electrons. The Hall–Kier alpha value is -3.32. The molecule has 1 aliphatic rings. The molecular weight excluding hydrogens is 374 g/mol. The van der Waals surface area contributed by atoms with Crippen molar-refractivity contribution in [2.75, 3.05) is 5.32 Å². The maximum absolute atomic E-state index is 3.51. The van der Waals surface area contributed by atoms with Crippen LogP contribution in [0.4, 0.5) is 11.4 Å². The highest BCUT2D eigenvalue weighted by Gasteiger charge is 2.15. The van der Waals surface area contributed by atoms with Gasteiger partial charge in [-0.3, -0.25) is 0 Å². The third-order valence-electron chi connectivity index (χ3n) is 6.49. The zero-order valence-corrected chi connectivity index (χ0v) is 17.9. The van der Waals surface area contributed by atoms with Crippen LogP contribution in [0.3, 0.4) is 0 Å². The van der Waals surface area contributed by atoms with Crippen LogP contribution in [0.2, 0.25) is 0 Å². The number of rotatable bonds is 5. The first-order valence-electron chi connectivity index (χ1n) is 11.5. The lowest BCUT2D eigenvalue weighted by Crippen LogP contribution is -2.04. The van der Waals surface area contributed by atoms with Gasteiger partial charge in [-0.2, -0.15) is 0 Å². The van der Waals surface area contributed by atoms with E-state index >= 15 is 0 Å². The van der Waals surface area contributed by atoms with Gasteiger partial charge >= 0.3 is 0 Å². The van der Waals surface area contributed by atoms with Gasteiger partial charge in [0.25, 0.3) is 0 Å². The first-order valence-corrected chi connectivity index (χ1v) is 11.5. The van der Waals surface area contributed by atoms with E-state index in [9.17, 15) is 0 Å². The van der Waals surface area contributed by atoms with E-state index in [1.165, 1.54) is 59.9 Å². The van der Waals surface area contributed by atoms with Crippen molar-refractivity contribution >= 4 is 11.4 Å². The molecule has 1 fully saturated rings. The van der Waals surface area contributed by atoms with E-state index in [2.05, 4.69) is 102 Å². The van der Waals surface area contributed by atoms with Crippen LogP contribution >= 0.6 is 0 Å². The minimum Gasteiger partial charge on any atom is -0.356 e. The topological polar surface area (TPSA) is 12.0 Å². The van der Waals surface area contributed by atoms with Crippen LogP contribution in [0.25, 0.3) is 22.3 Å². The molecule has 0 heterocycles.